The van der Waals surface area contributed by atoms with Crippen molar-refractivity contribution in [2.24, 2.45) is 0 Å². The van der Waals surface area contributed by atoms with Crippen LogP contribution in [-0.4, -0.2) is 59.0 Å². The highest BCUT2D eigenvalue weighted by atomic mass is 32.2. The number of nitrogens with zero attached hydrogens (tertiary/aromatic N) is 3. The van der Waals surface area contributed by atoms with E-state index in [4.69, 9.17) is 9.15 Å². The number of nitrogens with one attached hydrogen (secondary N) is 1. The number of thioether (sulfide) groups is 1. The first-order valence-corrected chi connectivity index (χ1v) is 10.9. The number of carbonyl (C=O) groups excluding carboxylic acids is 1. The minimum Gasteiger partial charge on any atom is -0.465 e. The first kappa shape index (κ1) is 21.8. The average molecular weight is 451 g/mol. The summed E-state index contributed by atoms with van der Waals surface area (Å²) in [6, 6.07) is 10.8. The van der Waals surface area contributed by atoms with Crippen LogP contribution in [0.1, 0.15) is 17.6 Å². The van der Waals surface area contributed by atoms with Gasteiger partial charge in [-0.05, 0) is 43.0 Å². The van der Waals surface area contributed by atoms with E-state index < -0.39 is 5.76 Å². The number of aryl methyl sites for hydroxylation is 1. The SMILES string of the molecule is Cc1ccc(C(CNC(=O)Cn2c(SC(F)F)nc3ccccc32)N2CCOCC2)o1. The molecule has 10 heteroatoms. The number of ether oxygens (including phenoxy) is 1. The fourth-order valence-electron chi connectivity index (χ4n) is 3.72. The molecule has 1 fully saturated rings. The van der Waals surface area contributed by atoms with Crippen LogP contribution < -0.4 is 5.32 Å². The molecule has 0 spiro atoms. The van der Waals surface area contributed by atoms with Gasteiger partial charge in [-0.1, -0.05) is 12.1 Å². The van der Waals surface area contributed by atoms with Crippen LogP contribution in [0.4, 0.5) is 8.78 Å². The Labute approximate surface area is 182 Å². The second kappa shape index (κ2) is 9.80. The minimum atomic E-state index is -2.62. The van der Waals surface area contributed by atoms with Crippen LogP contribution in [0.3, 0.4) is 0 Å². The lowest BCUT2D eigenvalue weighted by Gasteiger charge is -2.33. The lowest BCUT2D eigenvalue weighted by atomic mass is 10.1. The van der Waals surface area contributed by atoms with Crippen molar-refractivity contribution in [2.75, 3.05) is 32.8 Å². The lowest BCUT2D eigenvalue weighted by molar-refractivity contribution is -0.122. The molecule has 31 heavy (non-hydrogen) atoms. The molecule has 1 aliphatic heterocycles. The van der Waals surface area contributed by atoms with E-state index in [1.807, 2.05) is 19.1 Å². The van der Waals surface area contributed by atoms with Gasteiger partial charge in [-0.25, -0.2) is 4.98 Å². The van der Waals surface area contributed by atoms with Crippen LogP contribution in [0.15, 0.2) is 46.0 Å². The minimum absolute atomic E-state index is 0.0947. The predicted molar refractivity (Wildman–Crippen MR) is 113 cm³/mol. The first-order valence-electron chi connectivity index (χ1n) is 10.1. The number of furan rings is 1. The Morgan fingerprint density at radius 1 is 1.23 bits per heavy atom. The molecule has 1 saturated heterocycles. The van der Waals surface area contributed by atoms with Crippen LogP contribution in [-0.2, 0) is 16.1 Å². The number of rotatable bonds is 8. The Balaban J connectivity index is 1.48. The van der Waals surface area contributed by atoms with Crippen LogP contribution in [0.5, 0.6) is 0 Å². The number of fused-ring (bicyclic) bond motifs is 1. The topological polar surface area (TPSA) is 72.5 Å². The zero-order chi connectivity index (χ0) is 21.8. The zero-order valence-corrected chi connectivity index (χ0v) is 17.9. The molecule has 4 rings (SSSR count). The van der Waals surface area contributed by atoms with Crippen molar-refractivity contribution in [3.05, 3.63) is 47.9 Å². The van der Waals surface area contributed by atoms with Crippen LogP contribution in [0.25, 0.3) is 11.0 Å². The van der Waals surface area contributed by atoms with Crippen molar-refractivity contribution in [1.29, 1.82) is 0 Å². The number of alkyl halides is 2. The van der Waals surface area contributed by atoms with Gasteiger partial charge in [0.15, 0.2) is 5.16 Å². The molecule has 1 amide bonds. The molecule has 1 N–H and O–H groups in total. The largest absolute Gasteiger partial charge is 0.465 e. The number of benzene rings is 1. The van der Waals surface area contributed by atoms with Gasteiger partial charge in [-0.3, -0.25) is 9.69 Å². The van der Waals surface area contributed by atoms with Crippen molar-refractivity contribution in [2.45, 2.75) is 30.4 Å². The zero-order valence-electron chi connectivity index (χ0n) is 17.1. The standard InChI is InChI=1S/C21H24F2N4O3S/c1-14-6-7-18(30-14)17(26-8-10-29-11-9-26)12-24-19(28)13-27-16-5-3-2-4-15(16)25-21(27)31-20(22)23/h2-7,17,20H,8-13H2,1H3,(H,24,28). The molecule has 3 aromatic rings. The third kappa shape index (κ3) is 5.25. The summed E-state index contributed by atoms with van der Waals surface area (Å²) in [7, 11) is 0. The van der Waals surface area contributed by atoms with E-state index in [2.05, 4.69) is 15.2 Å². The number of hydrogen-bond donors (Lipinski definition) is 1. The maximum absolute atomic E-state index is 13.0. The molecule has 2 aromatic heterocycles. The fourth-order valence-corrected chi connectivity index (χ4v) is 4.32. The van der Waals surface area contributed by atoms with Crippen molar-refractivity contribution in [1.82, 2.24) is 19.8 Å². The van der Waals surface area contributed by atoms with Crippen LogP contribution in [0.2, 0.25) is 0 Å². The van der Waals surface area contributed by atoms with Gasteiger partial charge in [-0.2, -0.15) is 8.78 Å². The predicted octanol–water partition coefficient (Wildman–Crippen LogP) is 3.44. The van der Waals surface area contributed by atoms with E-state index >= 15 is 0 Å². The van der Waals surface area contributed by atoms with Gasteiger partial charge >= 0.3 is 0 Å². The van der Waals surface area contributed by atoms with Crippen molar-refractivity contribution < 1.29 is 22.7 Å². The summed E-state index contributed by atoms with van der Waals surface area (Å²) in [6.45, 7) is 4.85. The Bertz CT molecular complexity index is 1030. The van der Waals surface area contributed by atoms with E-state index in [1.54, 1.807) is 24.3 Å². The second-order valence-electron chi connectivity index (χ2n) is 7.26. The number of morpholine rings is 1. The average Bonchev–Trinajstić information content (AvgIpc) is 3.32. The van der Waals surface area contributed by atoms with Crippen LogP contribution >= 0.6 is 11.8 Å². The molecule has 1 atom stereocenters. The summed E-state index contributed by atoms with van der Waals surface area (Å²) >= 11 is 0.341. The van der Waals surface area contributed by atoms with E-state index in [1.165, 1.54) is 4.57 Å². The van der Waals surface area contributed by atoms with Gasteiger partial charge < -0.3 is 19.0 Å². The van der Waals surface area contributed by atoms with Gasteiger partial charge in [0.25, 0.3) is 5.76 Å². The smallest absolute Gasteiger partial charge is 0.291 e. The molecule has 0 radical (unpaired) electrons. The molecule has 1 unspecified atom stereocenters. The number of amides is 1. The number of imidazole rings is 1. The highest BCUT2D eigenvalue weighted by Crippen LogP contribution is 2.28. The van der Waals surface area contributed by atoms with Gasteiger partial charge in [0, 0.05) is 19.6 Å². The van der Waals surface area contributed by atoms with E-state index in [-0.39, 0.29) is 23.7 Å². The molecule has 0 bridgehead atoms. The Morgan fingerprint density at radius 2 is 2.00 bits per heavy atom. The maximum atomic E-state index is 13.0. The summed E-state index contributed by atoms with van der Waals surface area (Å²) in [5.74, 6) is -1.31. The van der Waals surface area contributed by atoms with Gasteiger partial charge in [0.1, 0.15) is 18.1 Å². The third-order valence-electron chi connectivity index (χ3n) is 5.18. The number of aromatic nitrogens is 2. The summed E-state index contributed by atoms with van der Waals surface area (Å²) in [5.41, 5.74) is 1.22. The number of halogens is 2. The number of carbonyl (C=O) groups is 1. The normalized spacial score (nSPS) is 16.1. The lowest BCUT2D eigenvalue weighted by Crippen LogP contribution is -2.44. The molecule has 1 aromatic carbocycles. The first-order chi connectivity index (χ1) is 15.0. The highest BCUT2D eigenvalue weighted by Gasteiger charge is 2.26. The van der Waals surface area contributed by atoms with Crippen molar-refractivity contribution >= 4 is 28.7 Å². The van der Waals surface area contributed by atoms with Crippen molar-refractivity contribution in [3.8, 4) is 0 Å². The Kier molecular flexibility index (Phi) is 6.89. The second-order valence-corrected chi connectivity index (χ2v) is 8.22. The van der Waals surface area contributed by atoms with Gasteiger partial charge in [0.2, 0.25) is 5.91 Å². The Morgan fingerprint density at radius 3 is 2.71 bits per heavy atom. The number of para-hydroxylation sites is 2. The maximum Gasteiger partial charge on any atom is 0.291 e. The monoisotopic (exact) mass is 450 g/mol. The van der Waals surface area contributed by atoms with Gasteiger partial charge in [-0.15, -0.1) is 0 Å². The Hall–Kier alpha value is -2.43. The molecule has 7 nitrogen and oxygen atoms in total. The van der Waals surface area contributed by atoms with E-state index in [0.717, 1.165) is 24.6 Å². The van der Waals surface area contributed by atoms with E-state index in [9.17, 15) is 13.6 Å². The molecular weight excluding hydrogens is 426 g/mol. The third-order valence-corrected chi connectivity index (χ3v) is 5.89. The molecule has 166 valence electrons. The molecule has 3 heterocycles. The highest BCUT2D eigenvalue weighted by molar-refractivity contribution is 7.99. The summed E-state index contributed by atoms with van der Waals surface area (Å²) in [6.07, 6.45) is 0. The quantitative estimate of drug-likeness (QED) is 0.530. The number of hydrogen-bond acceptors (Lipinski definition) is 6. The summed E-state index contributed by atoms with van der Waals surface area (Å²) in [5, 5.41) is 3.07. The molecule has 0 saturated carbocycles. The summed E-state index contributed by atoms with van der Waals surface area (Å²) in [4.78, 5) is 19.3. The molecule has 0 aliphatic carbocycles. The molecule has 1 aliphatic rings. The summed E-state index contributed by atoms with van der Waals surface area (Å²) < 4.78 is 38.8. The van der Waals surface area contributed by atoms with Crippen LogP contribution in [0, 0.1) is 6.92 Å². The van der Waals surface area contributed by atoms with Crippen molar-refractivity contribution in [3.63, 3.8) is 0 Å². The fraction of sp³-hybridized carbons (Fsp3) is 0.429. The van der Waals surface area contributed by atoms with Gasteiger partial charge in [0.05, 0.1) is 30.3 Å². The van der Waals surface area contributed by atoms with E-state index in [0.29, 0.717) is 42.6 Å². The molecular formula is C21H24F2N4O3S.